The predicted octanol–water partition coefficient (Wildman–Crippen LogP) is 6.52. The van der Waals surface area contributed by atoms with E-state index in [4.69, 9.17) is 0 Å². The number of nitrogens with zero attached hydrogens (tertiary/aromatic N) is 1. The number of anilines is 1. The first-order valence-corrected chi connectivity index (χ1v) is 13.2. The zero-order valence-corrected chi connectivity index (χ0v) is 21.1. The number of hydrogen-bond donors (Lipinski definition) is 2. The molecule has 3 aliphatic carbocycles. The van der Waals surface area contributed by atoms with Gasteiger partial charge in [-0.3, -0.25) is 9.69 Å². The number of hydrogen-bond acceptors (Lipinski definition) is 3. The number of carbonyl (C=O) groups is 1. The molecule has 0 bridgehead atoms. The van der Waals surface area contributed by atoms with Gasteiger partial charge in [-0.05, 0) is 66.9 Å². The lowest BCUT2D eigenvalue weighted by Crippen LogP contribution is -2.42. The Morgan fingerprint density at radius 3 is 2.71 bits per heavy atom. The number of Topliss-reactive ketones (excluding diaryl/α,β-unsaturated/α-hetero) is 1. The first-order valence-electron chi connectivity index (χ1n) is 13.2. The summed E-state index contributed by atoms with van der Waals surface area (Å²) in [6, 6.07) is 7.09. The van der Waals surface area contributed by atoms with Crippen LogP contribution in [0, 0.1) is 5.92 Å². The summed E-state index contributed by atoms with van der Waals surface area (Å²) in [5.74, 6) is 0.665. The quantitative estimate of drug-likeness (QED) is 0.552. The Kier molecular flexibility index (Phi) is 5.14. The second kappa shape index (κ2) is 7.98. The highest BCUT2D eigenvalue weighted by Gasteiger charge is 2.43. The minimum atomic E-state index is -0.228. The van der Waals surface area contributed by atoms with Crippen LogP contribution in [0.2, 0.25) is 0 Å². The van der Waals surface area contributed by atoms with E-state index in [-0.39, 0.29) is 11.2 Å². The Morgan fingerprint density at radius 2 is 2.06 bits per heavy atom. The van der Waals surface area contributed by atoms with Gasteiger partial charge in [0.15, 0.2) is 5.78 Å². The molecule has 1 aromatic carbocycles. The average Bonchev–Trinajstić information content (AvgIpc) is 3.21. The third kappa shape index (κ3) is 3.18. The summed E-state index contributed by atoms with van der Waals surface area (Å²) >= 11 is 0. The zero-order chi connectivity index (χ0) is 23.6. The Morgan fingerprint density at radius 1 is 1.24 bits per heavy atom. The third-order valence-corrected chi connectivity index (χ3v) is 9.10. The van der Waals surface area contributed by atoms with Gasteiger partial charge in [0.05, 0.1) is 5.56 Å². The molecule has 1 atom stereocenters. The van der Waals surface area contributed by atoms with Crippen molar-refractivity contribution in [2.24, 2.45) is 5.92 Å². The summed E-state index contributed by atoms with van der Waals surface area (Å²) < 4.78 is 0. The monoisotopic (exact) mass is 455 g/mol. The van der Waals surface area contributed by atoms with Crippen molar-refractivity contribution >= 4 is 22.4 Å². The summed E-state index contributed by atoms with van der Waals surface area (Å²) in [7, 11) is 1.93. The van der Waals surface area contributed by atoms with Crippen LogP contribution in [0.25, 0.3) is 10.9 Å². The van der Waals surface area contributed by atoms with Crippen LogP contribution in [-0.4, -0.2) is 41.8 Å². The van der Waals surface area contributed by atoms with Gasteiger partial charge < -0.3 is 10.3 Å². The van der Waals surface area contributed by atoms with Crippen molar-refractivity contribution < 1.29 is 4.79 Å². The highest BCUT2D eigenvalue weighted by molar-refractivity contribution is 6.20. The first-order chi connectivity index (χ1) is 16.4. The van der Waals surface area contributed by atoms with E-state index in [1.807, 2.05) is 7.05 Å². The number of ketones is 1. The van der Waals surface area contributed by atoms with Gasteiger partial charge in [-0.1, -0.05) is 45.4 Å². The van der Waals surface area contributed by atoms with Gasteiger partial charge in [0.2, 0.25) is 0 Å². The number of H-pyrrole nitrogens is 1. The molecule has 178 valence electrons. The van der Waals surface area contributed by atoms with Crippen LogP contribution in [0.4, 0.5) is 5.69 Å². The van der Waals surface area contributed by atoms with Gasteiger partial charge in [0.25, 0.3) is 0 Å². The number of aromatic nitrogens is 1. The number of nitrogens with one attached hydrogen (secondary N) is 2. The number of fused-ring (bicyclic) bond motifs is 3. The summed E-state index contributed by atoms with van der Waals surface area (Å²) in [5.41, 5.74) is 9.12. The summed E-state index contributed by atoms with van der Waals surface area (Å²) in [4.78, 5) is 20.2. The molecule has 0 radical (unpaired) electrons. The molecular formula is C30H37N3O. The maximum absolute atomic E-state index is 13.9. The molecule has 1 aliphatic heterocycles. The fourth-order valence-electron chi connectivity index (χ4n) is 6.69. The third-order valence-electron chi connectivity index (χ3n) is 9.10. The van der Waals surface area contributed by atoms with Crippen molar-refractivity contribution in [1.82, 2.24) is 9.88 Å². The second-order valence-electron chi connectivity index (χ2n) is 11.2. The minimum absolute atomic E-state index is 0.228. The second-order valence-corrected chi connectivity index (χ2v) is 11.2. The standard InChI is InChI=1S/C30H37N3O/c1-5-18-15-24-25(17-23(18)19-11-13-33(14-12-19)21-7-6-8-21)30(2,3)29-27(28(24)34)22-10-9-20(31-4)16-26(22)32-29/h9-11,16-18,21,31-32H,5-8,12-15H2,1-4H3. The lowest BCUT2D eigenvalue weighted by Gasteiger charge is -2.41. The Bertz CT molecular complexity index is 1270. The first kappa shape index (κ1) is 21.9. The molecule has 1 unspecified atom stereocenters. The molecule has 2 heterocycles. The molecule has 4 nitrogen and oxygen atoms in total. The Hall–Kier alpha value is -2.59. The lowest BCUT2D eigenvalue weighted by atomic mass is 9.64. The highest BCUT2D eigenvalue weighted by atomic mass is 16.1. The van der Waals surface area contributed by atoms with Gasteiger partial charge in [0, 0.05) is 59.5 Å². The molecule has 2 aromatic rings. The number of carbonyl (C=O) groups excluding carboxylic acids is 1. The molecular weight excluding hydrogens is 418 g/mol. The topological polar surface area (TPSA) is 48.1 Å². The smallest absolute Gasteiger partial charge is 0.191 e. The van der Waals surface area contributed by atoms with Crippen molar-refractivity contribution in [3.63, 3.8) is 0 Å². The maximum atomic E-state index is 13.9. The van der Waals surface area contributed by atoms with E-state index in [1.165, 1.54) is 42.5 Å². The molecule has 2 N–H and O–H groups in total. The van der Waals surface area contributed by atoms with E-state index in [9.17, 15) is 4.79 Å². The van der Waals surface area contributed by atoms with Crippen LogP contribution in [0.1, 0.15) is 75.3 Å². The van der Waals surface area contributed by atoms with Crippen LogP contribution >= 0.6 is 0 Å². The van der Waals surface area contributed by atoms with Crippen LogP contribution < -0.4 is 5.32 Å². The van der Waals surface area contributed by atoms with Crippen molar-refractivity contribution in [3.05, 3.63) is 63.9 Å². The van der Waals surface area contributed by atoms with Crippen molar-refractivity contribution in [2.75, 3.05) is 25.5 Å². The predicted molar refractivity (Wildman–Crippen MR) is 141 cm³/mol. The highest BCUT2D eigenvalue weighted by Crippen LogP contribution is 2.50. The van der Waals surface area contributed by atoms with E-state index < -0.39 is 0 Å². The van der Waals surface area contributed by atoms with E-state index in [1.54, 1.807) is 0 Å². The van der Waals surface area contributed by atoms with Crippen LogP contribution in [0.3, 0.4) is 0 Å². The Balaban J connectivity index is 1.41. The van der Waals surface area contributed by atoms with Gasteiger partial charge in [-0.25, -0.2) is 0 Å². The molecule has 1 fully saturated rings. The molecule has 34 heavy (non-hydrogen) atoms. The van der Waals surface area contributed by atoms with E-state index in [2.05, 4.69) is 66.3 Å². The normalized spacial score (nSPS) is 24.9. The Labute approximate surface area is 203 Å². The maximum Gasteiger partial charge on any atom is 0.191 e. The number of benzene rings is 1. The molecule has 4 heteroatoms. The SMILES string of the molecule is CCC1CC2=C(C=C1C1=CCN(C3CCC3)CC1)C(C)(C)c1[nH]c3cc(NC)ccc3c1C2=O. The van der Waals surface area contributed by atoms with Gasteiger partial charge in [0.1, 0.15) is 0 Å². The zero-order valence-electron chi connectivity index (χ0n) is 21.1. The van der Waals surface area contributed by atoms with Crippen molar-refractivity contribution in [2.45, 2.75) is 70.8 Å². The molecule has 0 saturated heterocycles. The molecule has 0 amide bonds. The molecule has 1 aromatic heterocycles. The van der Waals surface area contributed by atoms with Crippen molar-refractivity contribution in [3.8, 4) is 0 Å². The van der Waals surface area contributed by atoms with Gasteiger partial charge in [-0.2, -0.15) is 0 Å². The van der Waals surface area contributed by atoms with Crippen molar-refractivity contribution in [1.29, 1.82) is 0 Å². The molecule has 0 spiro atoms. The van der Waals surface area contributed by atoms with Gasteiger partial charge in [-0.15, -0.1) is 0 Å². The number of allylic oxidation sites excluding steroid dienone is 4. The summed E-state index contributed by atoms with van der Waals surface area (Å²) in [5, 5.41) is 4.27. The molecule has 4 aliphatic rings. The average molecular weight is 456 g/mol. The number of aromatic amines is 1. The van der Waals surface area contributed by atoms with E-state index in [0.717, 1.165) is 65.3 Å². The van der Waals surface area contributed by atoms with E-state index >= 15 is 0 Å². The van der Waals surface area contributed by atoms with Crippen LogP contribution in [0.5, 0.6) is 0 Å². The fraction of sp³-hybridized carbons (Fsp3) is 0.500. The molecule has 1 saturated carbocycles. The minimum Gasteiger partial charge on any atom is -0.388 e. The van der Waals surface area contributed by atoms with Crippen LogP contribution in [-0.2, 0) is 5.41 Å². The summed E-state index contributed by atoms with van der Waals surface area (Å²) in [6.07, 6.45) is 12.1. The number of rotatable bonds is 4. The molecule has 6 rings (SSSR count). The van der Waals surface area contributed by atoms with E-state index in [0.29, 0.717) is 5.92 Å². The lowest BCUT2D eigenvalue weighted by molar-refractivity contribution is 0.102. The largest absolute Gasteiger partial charge is 0.388 e. The fourth-order valence-corrected chi connectivity index (χ4v) is 6.69. The van der Waals surface area contributed by atoms with Gasteiger partial charge >= 0.3 is 0 Å². The van der Waals surface area contributed by atoms with Crippen LogP contribution in [0.15, 0.2) is 52.6 Å². The summed E-state index contributed by atoms with van der Waals surface area (Å²) in [6.45, 7) is 9.12.